The molecule has 0 aliphatic carbocycles. The third-order valence-electron chi connectivity index (χ3n) is 3.57. The Balaban J connectivity index is 2.63. The van der Waals surface area contributed by atoms with Crippen LogP contribution in [0.4, 0.5) is 0 Å². The number of aromatic carboxylic acids is 1. The minimum absolute atomic E-state index is 0.343. The van der Waals surface area contributed by atoms with Crippen molar-refractivity contribution in [3.05, 3.63) is 46.7 Å². The van der Waals surface area contributed by atoms with E-state index in [-0.39, 0.29) is 0 Å². The fourth-order valence-corrected chi connectivity index (χ4v) is 2.29. The van der Waals surface area contributed by atoms with E-state index in [4.69, 9.17) is 5.11 Å². The minimum Gasteiger partial charge on any atom is -0.478 e. The van der Waals surface area contributed by atoms with Gasteiger partial charge >= 0.3 is 5.97 Å². The molecule has 100 valence electrons. The average Bonchev–Trinajstić information content (AvgIpc) is 2.59. The quantitative estimate of drug-likeness (QED) is 0.847. The second-order valence-corrected chi connectivity index (χ2v) is 5.14. The molecule has 19 heavy (non-hydrogen) atoms. The van der Waals surface area contributed by atoms with Crippen molar-refractivity contribution >= 4 is 16.9 Å². The maximum Gasteiger partial charge on any atom is 0.335 e. The number of fused-ring (bicyclic) bond motifs is 1. The van der Waals surface area contributed by atoms with Gasteiger partial charge < -0.3 is 9.67 Å². The maximum atomic E-state index is 11.0. The number of nitrogens with zero attached hydrogens (tertiary/aromatic N) is 1. The van der Waals surface area contributed by atoms with Crippen LogP contribution in [-0.2, 0) is 6.54 Å². The third kappa shape index (κ3) is 2.41. The fourth-order valence-electron chi connectivity index (χ4n) is 2.29. The zero-order chi connectivity index (χ0) is 14.2. The van der Waals surface area contributed by atoms with Gasteiger partial charge in [0.05, 0.1) is 5.56 Å². The summed E-state index contributed by atoms with van der Waals surface area (Å²) in [6.45, 7) is 9.11. The van der Waals surface area contributed by atoms with E-state index in [1.807, 2.05) is 13.0 Å². The van der Waals surface area contributed by atoms with Crippen molar-refractivity contribution in [3.63, 3.8) is 0 Å². The molecule has 1 aromatic carbocycles. The smallest absolute Gasteiger partial charge is 0.335 e. The number of hydrogen-bond donors (Lipinski definition) is 1. The lowest BCUT2D eigenvalue weighted by Gasteiger charge is -2.05. The Morgan fingerprint density at radius 1 is 1.32 bits per heavy atom. The Morgan fingerprint density at radius 3 is 2.58 bits per heavy atom. The van der Waals surface area contributed by atoms with Crippen LogP contribution in [0.5, 0.6) is 0 Å². The fraction of sp³-hybridized carbons (Fsp3) is 0.312. The molecule has 0 bridgehead atoms. The van der Waals surface area contributed by atoms with Gasteiger partial charge in [0, 0.05) is 23.1 Å². The Labute approximate surface area is 113 Å². The Morgan fingerprint density at radius 2 is 2.00 bits per heavy atom. The summed E-state index contributed by atoms with van der Waals surface area (Å²) in [5, 5.41) is 10.1. The van der Waals surface area contributed by atoms with Gasteiger partial charge in [0.25, 0.3) is 0 Å². The molecular weight excluding hydrogens is 238 g/mol. The van der Waals surface area contributed by atoms with Crippen LogP contribution in [0.2, 0.25) is 0 Å². The molecule has 0 amide bonds. The van der Waals surface area contributed by atoms with E-state index in [0.717, 1.165) is 23.0 Å². The first-order valence-corrected chi connectivity index (χ1v) is 6.38. The van der Waals surface area contributed by atoms with Gasteiger partial charge in [-0.1, -0.05) is 11.6 Å². The normalized spacial score (nSPS) is 10.7. The molecule has 3 nitrogen and oxygen atoms in total. The molecule has 0 spiro atoms. The van der Waals surface area contributed by atoms with Gasteiger partial charge in [-0.2, -0.15) is 0 Å². The van der Waals surface area contributed by atoms with Crippen molar-refractivity contribution in [2.24, 2.45) is 0 Å². The molecule has 1 aromatic heterocycles. The van der Waals surface area contributed by atoms with Crippen LogP contribution in [0.1, 0.15) is 35.5 Å². The first-order valence-electron chi connectivity index (χ1n) is 6.38. The summed E-state index contributed by atoms with van der Waals surface area (Å²) < 4.78 is 2.23. The SMILES string of the molecule is CC(C)=CCn1c(C)c(C)c2cc(C(=O)O)ccc21. The molecule has 0 saturated heterocycles. The number of aromatic nitrogens is 1. The molecule has 0 fully saturated rings. The molecule has 3 heteroatoms. The number of aryl methyl sites for hydroxylation is 1. The van der Waals surface area contributed by atoms with Crippen LogP contribution in [0.15, 0.2) is 29.8 Å². The molecule has 0 unspecified atom stereocenters. The number of carboxylic acid groups (broad SMARTS) is 1. The molecule has 0 atom stereocenters. The maximum absolute atomic E-state index is 11.0. The van der Waals surface area contributed by atoms with E-state index >= 15 is 0 Å². The summed E-state index contributed by atoms with van der Waals surface area (Å²) in [7, 11) is 0. The number of carbonyl (C=O) groups is 1. The molecule has 2 rings (SSSR count). The molecule has 1 heterocycles. The summed E-state index contributed by atoms with van der Waals surface area (Å²) in [4.78, 5) is 11.0. The molecule has 0 saturated carbocycles. The van der Waals surface area contributed by atoms with Gasteiger partial charge in [-0.05, 0) is 51.5 Å². The first-order chi connectivity index (χ1) is 8.91. The average molecular weight is 257 g/mol. The van der Waals surface area contributed by atoms with Crippen LogP contribution >= 0.6 is 0 Å². The van der Waals surface area contributed by atoms with Gasteiger partial charge in [0.15, 0.2) is 0 Å². The highest BCUT2D eigenvalue weighted by molar-refractivity contribution is 5.95. The molecule has 1 N–H and O–H groups in total. The Bertz CT molecular complexity index is 674. The number of benzene rings is 1. The van der Waals surface area contributed by atoms with E-state index in [2.05, 4.69) is 31.4 Å². The molecular formula is C16H19NO2. The number of rotatable bonds is 3. The van der Waals surface area contributed by atoms with Crippen molar-refractivity contribution in [1.82, 2.24) is 4.57 Å². The number of carboxylic acids is 1. The van der Waals surface area contributed by atoms with Crippen molar-refractivity contribution in [3.8, 4) is 0 Å². The first kappa shape index (κ1) is 13.4. The van der Waals surface area contributed by atoms with Crippen molar-refractivity contribution < 1.29 is 9.90 Å². The number of hydrogen-bond acceptors (Lipinski definition) is 1. The van der Waals surface area contributed by atoms with Crippen LogP contribution < -0.4 is 0 Å². The van der Waals surface area contributed by atoms with Crippen molar-refractivity contribution in [2.75, 3.05) is 0 Å². The van der Waals surface area contributed by atoms with Gasteiger partial charge in [0.1, 0.15) is 0 Å². The van der Waals surface area contributed by atoms with E-state index in [1.165, 1.54) is 11.3 Å². The van der Waals surface area contributed by atoms with Crippen LogP contribution in [0.25, 0.3) is 10.9 Å². The molecule has 0 aliphatic heterocycles. The highest BCUT2D eigenvalue weighted by Crippen LogP contribution is 2.26. The predicted octanol–water partition coefficient (Wildman–Crippen LogP) is 3.92. The van der Waals surface area contributed by atoms with E-state index in [9.17, 15) is 4.79 Å². The molecule has 0 aliphatic rings. The summed E-state index contributed by atoms with van der Waals surface area (Å²) >= 11 is 0. The van der Waals surface area contributed by atoms with E-state index < -0.39 is 5.97 Å². The largest absolute Gasteiger partial charge is 0.478 e. The monoisotopic (exact) mass is 257 g/mol. The van der Waals surface area contributed by atoms with Gasteiger partial charge in [-0.15, -0.1) is 0 Å². The third-order valence-corrected chi connectivity index (χ3v) is 3.57. The van der Waals surface area contributed by atoms with Crippen LogP contribution in [-0.4, -0.2) is 15.6 Å². The van der Waals surface area contributed by atoms with Gasteiger partial charge in [0.2, 0.25) is 0 Å². The zero-order valence-electron chi connectivity index (χ0n) is 11.8. The van der Waals surface area contributed by atoms with Crippen LogP contribution in [0, 0.1) is 13.8 Å². The summed E-state index contributed by atoms with van der Waals surface area (Å²) in [6.07, 6.45) is 2.18. The van der Waals surface area contributed by atoms with Gasteiger partial charge in [-0.3, -0.25) is 0 Å². The molecule has 2 aromatic rings. The van der Waals surface area contributed by atoms with E-state index in [0.29, 0.717) is 5.56 Å². The lowest BCUT2D eigenvalue weighted by molar-refractivity contribution is 0.0697. The lowest BCUT2D eigenvalue weighted by Crippen LogP contribution is -1.99. The summed E-state index contributed by atoms with van der Waals surface area (Å²) in [6, 6.07) is 5.33. The topological polar surface area (TPSA) is 42.2 Å². The van der Waals surface area contributed by atoms with Crippen molar-refractivity contribution in [2.45, 2.75) is 34.2 Å². The highest BCUT2D eigenvalue weighted by atomic mass is 16.4. The summed E-state index contributed by atoms with van der Waals surface area (Å²) in [5.41, 5.74) is 5.06. The zero-order valence-corrected chi connectivity index (χ0v) is 11.8. The minimum atomic E-state index is -0.879. The Kier molecular flexibility index (Phi) is 3.47. The van der Waals surface area contributed by atoms with Crippen molar-refractivity contribution in [1.29, 1.82) is 0 Å². The standard InChI is InChI=1S/C16H19NO2/c1-10(2)7-8-17-12(4)11(3)14-9-13(16(18)19)5-6-15(14)17/h5-7,9H,8H2,1-4H3,(H,18,19). The lowest BCUT2D eigenvalue weighted by atomic mass is 10.1. The van der Waals surface area contributed by atoms with E-state index in [1.54, 1.807) is 12.1 Å². The second-order valence-electron chi connectivity index (χ2n) is 5.14. The summed E-state index contributed by atoms with van der Waals surface area (Å²) in [5.74, 6) is -0.879. The molecule has 0 radical (unpaired) electrons. The highest BCUT2D eigenvalue weighted by Gasteiger charge is 2.12. The second kappa shape index (κ2) is 4.92. The predicted molar refractivity (Wildman–Crippen MR) is 77.8 cm³/mol. The Hall–Kier alpha value is -2.03. The number of allylic oxidation sites excluding steroid dienone is 2. The van der Waals surface area contributed by atoms with Crippen LogP contribution in [0.3, 0.4) is 0 Å². The van der Waals surface area contributed by atoms with Gasteiger partial charge in [-0.25, -0.2) is 4.79 Å².